The summed E-state index contributed by atoms with van der Waals surface area (Å²) in [4.78, 5) is 11.8. The second-order valence-electron chi connectivity index (χ2n) is 4.12. The van der Waals surface area contributed by atoms with Crippen molar-refractivity contribution in [1.29, 1.82) is 0 Å². The maximum absolute atomic E-state index is 11.8. The van der Waals surface area contributed by atoms with Gasteiger partial charge in [0.15, 0.2) is 12.4 Å². The molecule has 1 aromatic heterocycles. The molecule has 0 radical (unpaired) electrons. The van der Waals surface area contributed by atoms with Crippen molar-refractivity contribution >= 4 is 5.91 Å². The Labute approximate surface area is 105 Å². The number of hydrogen-bond donors (Lipinski definition) is 1. The first-order chi connectivity index (χ1) is 8.65. The van der Waals surface area contributed by atoms with Crippen LogP contribution in [0.1, 0.15) is 21.5 Å². The number of aryl methyl sites for hydroxylation is 1. The number of carbonyl (C=O) groups is 1. The van der Waals surface area contributed by atoms with Crippen molar-refractivity contribution in [1.82, 2.24) is 5.32 Å². The number of nitrogens with zero attached hydrogens (tertiary/aromatic N) is 1. The lowest BCUT2D eigenvalue weighted by atomic mass is 10.1. The molecule has 0 spiro atoms. The molecule has 1 amide bonds. The number of hydrogen-bond acceptors (Lipinski definition) is 2. The lowest BCUT2D eigenvalue weighted by Crippen LogP contribution is -2.27. The Kier molecular flexibility index (Phi) is 3.57. The zero-order valence-electron chi connectivity index (χ0n) is 10.1. The van der Waals surface area contributed by atoms with Gasteiger partial charge in [-0.1, -0.05) is 29.8 Å². The number of rotatable bonds is 3. The molecular weight excluding hydrogens is 228 g/mol. The van der Waals surface area contributed by atoms with Crippen LogP contribution in [0, 0.1) is 12.1 Å². The Morgan fingerprint density at radius 2 is 2.00 bits per heavy atom. The van der Waals surface area contributed by atoms with Crippen molar-refractivity contribution < 1.29 is 9.52 Å². The van der Waals surface area contributed by atoms with Crippen molar-refractivity contribution in [2.45, 2.75) is 13.5 Å². The molecule has 92 valence electrons. The van der Waals surface area contributed by atoms with Crippen LogP contribution in [-0.4, -0.2) is 5.91 Å². The van der Waals surface area contributed by atoms with E-state index in [1.807, 2.05) is 31.2 Å². The van der Waals surface area contributed by atoms with Crippen LogP contribution in [-0.2, 0) is 6.54 Å². The van der Waals surface area contributed by atoms with Gasteiger partial charge in [0.25, 0.3) is 5.91 Å². The van der Waals surface area contributed by atoms with E-state index in [0.29, 0.717) is 16.8 Å². The molecule has 0 aliphatic heterocycles. The van der Waals surface area contributed by atoms with E-state index in [1.165, 1.54) is 24.5 Å². The summed E-state index contributed by atoms with van der Waals surface area (Å²) in [5.41, 5.74) is 2.70. The molecule has 2 aromatic rings. The first-order valence-electron chi connectivity index (χ1n) is 5.68. The van der Waals surface area contributed by atoms with E-state index >= 15 is 0 Å². The smallest absolute Gasteiger partial charge is 0.252 e. The fourth-order valence-corrected chi connectivity index (χ4v) is 1.67. The fraction of sp³-hybridized carbons (Fsp3) is 0.143. The van der Waals surface area contributed by atoms with Crippen molar-refractivity contribution in [3.05, 3.63) is 70.7 Å². The van der Waals surface area contributed by atoms with Gasteiger partial charge >= 0.3 is 0 Å². The van der Waals surface area contributed by atoms with Gasteiger partial charge in [-0.2, -0.15) is 4.73 Å². The van der Waals surface area contributed by atoms with Crippen molar-refractivity contribution in [3.63, 3.8) is 0 Å². The summed E-state index contributed by atoms with van der Waals surface area (Å²) in [5, 5.41) is 13.7. The summed E-state index contributed by atoms with van der Waals surface area (Å²) in [6.45, 7) is 2.49. The van der Waals surface area contributed by atoms with E-state index in [2.05, 4.69) is 5.32 Å². The van der Waals surface area contributed by atoms with E-state index in [-0.39, 0.29) is 5.91 Å². The Balaban J connectivity index is 1.98. The number of pyridine rings is 1. The third kappa shape index (κ3) is 3.07. The van der Waals surface area contributed by atoms with E-state index in [1.54, 1.807) is 0 Å². The third-order valence-electron chi connectivity index (χ3n) is 2.60. The van der Waals surface area contributed by atoms with Gasteiger partial charge in [-0.15, -0.1) is 0 Å². The summed E-state index contributed by atoms with van der Waals surface area (Å²) < 4.78 is 0.650. The predicted octanol–water partition coefficient (Wildman–Crippen LogP) is 1.56. The van der Waals surface area contributed by atoms with Crippen LogP contribution < -0.4 is 10.0 Å². The van der Waals surface area contributed by atoms with Crippen molar-refractivity contribution in [2.24, 2.45) is 0 Å². The van der Waals surface area contributed by atoms with Gasteiger partial charge < -0.3 is 10.5 Å². The van der Waals surface area contributed by atoms with Crippen LogP contribution >= 0.6 is 0 Å². The maximum Gasteiger partial charge on any atom is 0.252 e. The molecule has 0 bridgehead atoms. The molecule has 0 fully saturated rings. The summed E-state index contributed by atoms with van der Waals surface area (Å²) in [6.07, 6.45) is 2.61. The number of amides is 1. The van der Waals surface area contributed by atoms with E-state index in [4.69, 9.17) is 0 Å². The van der Waals surface area contributed by atoms with Crippen LogP contribution in [0.15, 0.2) is 48.8 Å². The minimum absolute atomic E-state index is 0.183. The van der Waals surface area contributed by atoms with Crippen LogP contribution in [0.3, 0.4) is 0 Å². The van der Waals surface area contributed by atoms with Crippen molar-refractivity contribution in [3.8, 4) is 0 Å². The molecule has 0 atom stereocenters. The Bertz CT molecular complexity index is 550. The van der Waals surface area contributed by atoms with Gasteiger partial charge in [-0.05, 0) is 12.5 Å². The van der Waals surface area contributed by atoms with Gasteiger partial charge in [0.2, 0.25) is 0 Å². The number of nitrogens with one attached hydrogen (secondary N) is 1. The third-order valence-corrected chi connectivity index (χ3v) is 2.60. The minimum atomic E-state index is -0.183. The van der Waals surface area contributed by atoms with Gasteiger partial charge in [0.1, 0.15) is 0 Å². The Hall–Kier alpha value is -2.36. The second-order valence-corrected chi connectivity index (χ2v) is 4.12. The highest BCUT2D eigenvalue weighted by molar-refractivity contribution is 5.93. The average Bonchev–Trinajstić information content (AvgIpc) is 2.37. The Morgan fingerprint density at radius 1 is 1.28 bits per heavy atom. The van der Waals surface area contributed by atoms with E-state index in [9.17, 15) is 10.0 Å². The lowest BCUT2D eigenvalue weighted by molar-refractivity contribution is -0.605. The van der Waals surface area contributed by atoms with Crippen LogP contribution in [0.2, 0.25) is 0 Å². The summed E-state index contributed by atoms with van der Waals surface area (Å²) in [7, 11) is 0. The van der Waals surface area contributed by atoms with Crippen LogP contribution in [0.4, 0.5) is 0 Å². The molecule has 4 heteroatoms. The lowest BCUT2D eigenvalue weighted by Gasteiger charge is -2.06. The monoisotopic (exact) mass is 242 g/mol. The van der Waals surface area contributed by atoms with Crippen LogP contribution in [0.25, 0.3) is 0 Å². The highest BCUT2D eigenvalue weighted by Crippen LogP contribution is 2.04. The Morgan fingerprint density at radius 3 is 2.67 bits per heavy atom. The first-order valence-corrected chi connectivity index (χ1v) is 5.68. The van der Waals surface area contributed by atoms with Gasteiger partial charge in [0.05, 0.1) is 5.56 Å². The molecule has 1 N–H and O–H groups in total. The fourth-order valence-electron chi connectivity index (χ4n) is 1.67. The van der Waals surface area contributed by atoms with Gasteiger partial charge in [0, 0.05) is 18.7 Å². The standard InChI is InChI=1S/C14H14N2O2/c1-11-3-2-4-12(9-11)10-15-14(17)13-5-7-16(18)8-6-13/h2-9H,10H2,1H3,(H,15,17). The van der Waals surface area contributed by atoms with Gasteiger partial charge in [-0.25, -0.2) is 0 Å². The zero-order valence-corrected chi connectivity index (χ0v) is 10.1. The summed E-state index contributed by atoms with van der Waals surface area (Å²) >= 11 is 0. The molecule has 0 saturated carbocycles. The molecule has 0 aliphatic rings. The summed E-state index contributed by atoms with van der Waals surface area (Å²) in [6, 6.07) is 11.0. The molecule has 1 aromatic carbocycles. The topological polar surface area (TPSA) is 56.0 Å². The number of carbonyl (C=O) groups excluding carboxylic acids is 1. The molecule has 0 aliphatic carbocycles. The molecule has 18 heavy (non-hydrogen) atoms. The zero-order chi connectivity index (χ0) is 13.0. The molecule has 4 nitrogen and oxygen atoms in total. The molecule has 0 unspecified atom stereocenters. The number of aromatic nitrogens is 1. The molecule has 0 saturated heterocycles. The average molecular weight is 242 g/mol. The van der Waals surface area contributed by atoms with E-state index in [0.717, 1.165) is 11.1 Å². The summed E-state index contributed by atoms with van der Waals surface area (Å²) in [5.74, 6) is -0.183. The second kappa shape index (κ2) is 5.31. The maximum atomic E-state index is 11.8. The van der Waals surface area contributed by atoms with E-state index < -0.39 is 0 Å². The van der Waals surface area contributed by atoms with Gasteiger partial charge in [-0.3, -0.25) is 4.79 Å². The largest absolute Gasteiger partial charge is 0.619 e. The minimum Gasteiger partial charge on any atom is -0.619 e. The highest BCUT2D eigenvalue weighted by atomic mass is 16.5. The van der Waals surface area contributed by atoms with Crippen LogP contribution in [0.5, 0.6) is 0 Å². The molecule has 2 rings (SSSR count). The SMILES string of the molecule is Cc1cccc(CNC(=O)c2cc[n+]([O-])cc2)c1. The van der Waals surface area contributed by atoms with Crippen molar-refractivity contribution in [2.75, 3.05) is 0 Å². The number of benzene rings is 1. The first kappa shape index (κ1) is 12.1. The quantitative estimate of drug-likeness (QED) is 0.656. The molecular formula is C14H14N2O2. The highest BCUT2D eigenvalue weighted by Gasteiger charge is 2.06. The molecule has 1 heterocycles. The normalized spacial score (nSPS) is 10.1. The predicted molar refractivity (Wildman–Crippen MR) is 67.8 cm³/mol.